The first-order chi connectivity index (χ1) is 9.62. The van der Waals surface area contributed by atoms with Gasteiger partial charge in [0.15, 0.2) is 6.29 Å². The molecule has 1 atom stereocenters. The summed E-state index contributed by atoms with van der Waals surface area (Å²) in [7, 11) is 0. The van der Waals surface area contributed by atoms with Crippen molar-refractivity contribution in [2.45, 2.75) is 46.4 Å². The van der Waals surface area contributed by atoms with Crippen LogP contribution in [0.25, 0.3) is 0 Å². The largest absolute Gasteiger partial charge is 0.351 e. The van der Waals surface area contributed by atoms with E-state index in [-0.39, 0.29) is 12.3 Å². The topological polar surface area (TPSA) is 30.5 Å². The fraction of sp³-hybridized carbons (Fsp3) is 0.625. The summed E-state index contributed by atoms with van der Waals surface area (Å²) in [6.07, 6.45) is 0.541. The Hall–Kier alpha value is -0.610. The van der Waals surface area contributed by atoms with Gasteiger partial charge in [-0.05, 0) is 50.9 Å². The smallest absolute Gasteiger partial charge is 0.172 e. The van der Waals surface area contributed by atoms with E-state index < -0.39 is 0 Å². The zero-order chi connectivity index (χ0) is 15.0. The lowest BCUT2D eigenvalue weighted by molar-refractivity contribution is -0.153. The van der Waals surface area contributed by atoms with Gasteiger partial charge in [-0.25, -0.2) is 0 Å². The Morgan fingerprint density at radius 1 is 1.15 bits per heavy atom. The summed E-state index contributed by atoms with van der Waals surface area (Å²) < 4.78 is 11.4. The van der Waals surface area contributed by atoms with Crippen molar-refractivity contribution >= 4 is 11.6 Å². The normalized spacial score (nSPS) is 12.9. The zero-order valence-electron chi connectivity index (χ0n) is 12.9. The maximum absolute atomic E-state index is 6.32. The van der Waals surface area contributed by atoms with Gasteiger partial charge in [0.1, 0.15) is 0 Å². The molecule has 0 amide bonds. The monoisotopic (exact) mass is 299 g/mol. The van der Waals surface area contributed by atoms with Crippen molar-refractivity contribution in [2.24, 2.45) is 0 Å². The molecule has 1 aromatic carbocycles. The third kappa shape index (κ3) is 5.41. The fourth-order valence-corrected chi connectivity index (χ4v) is 2.50. The summed E-state index contributed by atoms with van der Waals surface area (Å²) in [5.74, 6) is 0. The van der Waals surface area contributed by atoms with Crippen LogP contribution in [0, 0.1) is 6.92 Å². The fourth-order valence-electron chi connectivity index (χ4n) is 2.19. The van der Waals surface area contributed by atoms with Crippen LogP contribution in [0.3, 0.4) is 0 Å². The third-order valence-electron chi connectivity index (χ3n) is 3.11. The predicted octanol–water partition coefficient (Wildman–Crippen LogP) is 3.57. The van der Waals surface area contributed by atoms with Gasteiger partial charge in [-0.1, -0.05) is 30.7 Å². The second-order valence-corrected chi connectivity index (χ2v) is 5.15. The van der Waals surface area contributed by atoms with Crippen molar-refractivity contribution in [3.05, 3.63) is 34.3 Å². The molecule has 0 fully saturated rings. The van der Waals surface area contributed by atoms with Crippen molar-refractivity contribution in [3.8, 4) is 0 Å². The highest BCUT2D eigenvalue weighted by atomic mass is 35.5. The molecule has 4 heteroatoms. The molecular weight excluding hydrogens is 274 g/mol. The molecule has 0 spiro atoms. The van der Waals surface area contributed by atoms with Crippen molar-refractivity contribution in [3.63, 3.8) is 0 Å². The van der Waals surface area contributed by atoms with E-state index in [1.807, 2.05) is 26.8 Å². The quantitative estimate of drug-likeness (QED) is 0.707. The van der Waals surface area contributed by atoms with E-state index in [9.17, 15) is 0 Å². The number of halogens is 1. The molecule has 0 aliphatic carbocycles. The van der Waals surface area contributed by atoms with Gasteiger partial charge >= 0.3 is 0 Å². The number of benzene rings is 1. The average molecular weight is 300 g/mol. The zero-order valence-corrected chi connectivity index (χ0v) is 13.7. The van der Waals surface area contributed by atoms with Crippen LogP contribution < -0.4 is 5.32 Å². The molecule has 20 heavy (non-hydrogen) atoms. The molecular formula is C16H26ClNO2. The minimum Gasteiger partial charge on any atom is -0.351 e. The average Bonchev–Trinajstić information content (AvgIpc) is 2.41. The van der Waals surface area contributed by atoms with Gasteiger partial charge in [0.25, 0.3) is 0 Å². The molecule has 0 heterocycles. The molecule has 1 aromatic rings. The van der Waals surface area contributed by atoms with Gasteiger partial charge in [-0.3, -0.25) is 0 Å². The Labute approximate surface area is 127 Å². The lowest BCUT2D eigenvalue weighted by atomic mass is 10.0. The summed E-state index contributed by atoms with van der Waals surface area (Å²) in [4.78, 5) is 0. The lowest BCUT2D eigenvalue weighted by Crippen LogP contribution is -2.44. The molecule has 1 rings (SSSR count). The first-order valence-corrected chi connectivity index (χ1v) is 7.71. The molecule has 0 saturated heterocycles. The number of aryl methyl sites for hydroxylation is 1. The van der Waals surface area contributed by atoms with E-state index in [2.05, 4.69) is 24.4 Å². The van der Waals surface area contributed by atoms with Gasteiger partial charge in [0.05, 0.1) is 6.04 Å². The lowest BCUT2D eigenvalue weighted by Gasteiger charge is -2.27. The van der Waals surface area contributed by atoms with E-state index in [4.69, 9.17) is 21.1 Å². The molecule has 1 unspecified atom stereocenters. The van der Waals surface area contributed by atoms with Crippen LogP contribution in [0.4, 0.5) is 0 Å². The van der Waals surface area contributed by atoms with Gasteiger partial charge in [0.2, 0.25) is 0 Å². The molecule has 0 bridgehead atoms. The summed E-state index contributed by atoms with van der Waals surface area (Å²) in [6.45, 7) is 10.2. The van der Waals surface area contributed by atoms with E-state index >= 15 is 0 Å². The number of hydrogen-bond acceptors (Lipinski definition) is 3. The van der Waals surface area contributed by atoms with Crippen LogP contribution in [-0.4, -0.2) is 32.1 Å². The molecule has 3 nitrogen and oxygen atoms in total. The van der Waals surface area contributed by atoms with Gasteiger partial charge in [0, 0.05) is 18.2 Å². The predicted molar refractivity (Wildman–Crippen MR) is 84.4 cm³/mol. The molecule has 0 aliphatic heterocycles. The van der Waals surface area contributed by atoms with Gasteiger partial charge in [-0.15, -0.1) is 0 Å². The Kier molecular flexibility index (Phi) is 8.15. The molecule has 0 radical (unpaired) electrons. The molecule has 0 saturated carbocycles. The van der Waals surface area contributed by atoms with Crippen LogP contribution >= 0.6 is 11.6 Å². The van der Waals surface area contributed by atoms with Crippen molar-refractivity contribution in [1.29, 1.82) is 0 Å². The van der Waals surface area contributed by atoms with E-state index in [1.54, 1.807) is 0 Å². The van der Waals surface area contributed by atoms with E-state index in [1.165, 1.54) is 5.56 Å². The van der Waals surface area contributed by atoms with Gasteiger partial charge in [-0.2, -0.15) is 0 Å². The molecule has 0 aromatic heterocycles. The first-order valence-electron chi connectivity index (χ1n) is 7.33. The second-order valence-electron chi connectivity index (χ2n) is 4.74. The Balaban J connectivity index is 2.83. The Morgan fingerprint density at radius 2 is 1.80 bits per heavy atom. The molecule has 1 N–H and O–H groups in total. The van der Waals surface area contributed by atoms with Crippen LogP contribution in [0.1, 0.15) is 31.9 Å². The maximum atomic E-state index is 6.32. The number of likely N-dealkylation sites (N-methyl/N-ethyl adjacent to an activating group) is 1. The second kappa shape index (κ2) is 9.35. The molecule has 0 aliphatic rings. The van der Waals surface area contributed by atoms with E-state index in [0.717, 1.165) is 23.6 Å². The maximum Gasteiger partial charge on any atom is 0.172 e. The van der Waals surface area contributed by atoms with Crippen LogP contribution in [-0.2, 0) is 15.9 Å². The SMILES string of the molecule is CCNC(Cc1ccc(C)cc1Cl)C(OCC)OCC. The summed E-state index contributed by atoms with van der Waals surface area (Å²) >= 11 is 6.32. The first kappa shape index (κ1) is 17.4. The minimum absolute atomic E-state index is 0.0973. The van der Waals surface area contributed by atoms with Crippen molar-refractivity contribution in [1.82, 2.24) is 5.32 Å². The highest BCUT2D eigenvalue weighted by Crippen LogP contribution is 2.20. The van der Waals surface area contributed by atoms with Gasteiger partial charge < -0.3 is 14.8 Å². The number of rotatable bonds is 9. The minimum atomic E-state index is -0.248. The Morgan fingerprint density at radius 3 is 2.30 bits per heavy atom. The number of hydrogen-bond donors (Lipinski definition) is 1. The van der Waals surface area contributed by atoms with Crippen LogP contribution in [0.15, 0.2) is 18.2 Å². The molecule has 114 valence electrons. The standard InChI is InChI=1S/C16H26ClNO2/c1-5-18-15(16(19-6-2)20-7-3)11-13-9-8-12(4)10-14(13)17/h8-10,15-16,18H,5-7,11H2,1-4H3. The van der Waals surface area contributed by atoms with Crippen LogP contribution in [0.5, 0.6) is 0 Å². The number of ether oxygens (including phenoxy) is 2. The third-order valence-corrected chi connectivity index (χ3v) is 3.46. The number of nitrogens with one attached hydrogen (secondary N) is 1. The van der Waals surface area contributed by atoms with Crippen molar-refractivity contribution < 1.29 is 9.47 Å². The van der Waals surface area contributed by atoms with Crippen LogP contribution in [0.2, 0.25) is 5.02 Å². The van der Waals surface area contributed by atoms with Crippen molar-refractivity contribution in [2.75, 3.05) is 19.8 Å². The highest BCUT2D eigenvalue weighted by Gasteiger charge is 2.22. The summed E-state index contributed by atoms with van der Waals surface area (Å²) in [5, 5.41) is 4.24. The summed E-state index contributed by atoms with van der Waals surface area (Å²) in [6, 6.07) is 6.26. The Bertz CT molecular complexity index is 392. The van der Waals surface area contributed by atoms with E-state index in [0.29, 0.717) is 13.2 Å². The highest BCUT2D eigenvalue weighted by molar-refractivity contribution is 6.31. The summed E-state index contributed by atoms with van der Waals surface area (Å²) in [5.41, 5.74) is 2.29.